The van der Waals surface area contributed by atoms with Crippen LogP contribution in [-0.2, 0) is 5.41 Å². The summed E-state index contributed by atoms with van der Waals surface area (Å²) in [6.45, 7) is 0. The number of hydrogen-bond acceptors (Lipinski definition) is 3. The Morgan fingerprint density at radius 2 is 0.859 bits per heavy atom. The molecule has 0 amide bonds. The Kier molecular flexibility index (Phi) is 8.13. The predicted molar refractivity (Wildman–Crippen MR) is 263 cm³/mol. The van der Waals surface area contributed by atoms with Gasteiger partial charge < -0.3 is 14.5 Å². The van der Waals surface area contributed by atoms with Crippen LogP contribution in [0.1, 0.15) is 22.3 Å². The molecule has 1 atom stereocenters. The van der Waals surface area contributed by atoms with Crippen LogP contribution in [0.15, 0.2) is 243 Å². The number of fused-ring (bicyclic) bond motifs is 11. The van der Waals surface area contributed by atoms with E-state index < -0.39 is 5.41 Å². The molecule has 0 saturated carbocycles. The summed E-state index contributed by atoms with van der Waals surface area (Å²) in [6, 6.07) is 88.2. The number of benzene rings is 10. The third-order valence-electron chi connectivity index (χ3n) is 13.4. The molecule has 0 aromatic heterocycles. The molecule has 64 heavy (non-hydrogen) atoms. The Morgan fingerprint density at radius 3 is 1.64 bits per heavy atom. The number of rotatable bonds is 6. The van der Waals surface area contributed by atoms with Crippen molar-refractivity contribution in [2.45, 2.75) is 5.41 Å². The zero-order chi connectivity index (χ0) is 42.2. The number of ether oxygens (including phenoxy) is 1. The molecule has 0 fully saturated rings. The number of para-hydroxylation sites is 5. The summed E-state index contributed by atoms with van der Waals surface area (Å²) in [5.74, 6) is 1.73. The molecule has 10 aromatic carbocycles. The molecule has 3 aliphatic rings. The standard InChI is InChI=1S/C61H40N2O/c1-4-18-41(19-5-1)43-34-36-47(37-35-43)62(46-22-8-3-9-23-46)48-39-44(42-20-6-2-7-21-42)38-45(40-48)49-25-16-28-53-59(49)50-24-10-11-26-51(50)61(53)52-27-12-13-30-55(52)63-56-31-14-15-32-57(56)64-58-33-17-29-54(61)60(58)63/h1-40H. The first-order chi connectivity index (χ1) is 31.8. The van der Waals surface area contributed by atoms with E-state index in [4.69, 9.17) is 4.74 Å². The summed E-state index contributed by atoms with van der Waals surface area (Å²) >= 11 is 0. The lowest BCUT2D eigenvalue weighted by molar-refractivity contribution is 0.473. The molecule has 13 rings (SSSR count). The van der Waals surface area contributed by atoms with Crippen LogP contribution in [-0.4, -0.2) is 0 Å². The van der Waals surface area contributed by atoms with Crippen LogP contribution in [0.5, 0.6) is 11.5 Å². The van der Waals surface area contributed by atoms with Gasteiger partial charge in [-0.15, -0.1) is 0 Å². The molecule has 0 bridgehead atoms. The maximum atomic E-state index is 6.76. The van der Waals surface area contributed by atoms with Gasteiger partial charge in [0, 0.05) is 17.1 Å². The van der Waals surface area contributed by atoms with Gasteiger partial charge in [0.15, 0.2) is 11.5 Å². The smallest absolute Gasteiger partial charge is 0.151 e. The molecule has 3 heteroatoms. The Hall–Kier alpha value is -8.40. The minimum Gasteiger partial charge on any atom is -0.453 e. The highest BCUT2D eigenvalue weighted by molar-refractivity contribution is 6.03. The van der Waals surface area contributed by atoms with Gasteiger partial charge >= 0.3 is 0 Å². The van der Waals surface area contributed by atoms with Gasteiger partial charge in [-0.05, 0) is 133 Å². The van der Waals surface area contributed by atoms with Crippen LogP contribution < -0.4 is 14.5 Å². The second-order valence-corrected chi connectivity index (χ2v) is 16.8. The molecule has 0 N–H and O–H groups in total. The predicted octanol–water partition coefficient (Wildman–Crippen LogP) is 16.4. The molecule has 1 spiro atoms. The van der Waals surface area contributed by atoms with Gasteiger partial charge in [-0.2, -0.15) is 0 Å². The summed E-state index contributed by atoms with van der Waals surface area (Å²) in [4.78, 5) is 4.82. The highest BCUT2D eigenvalue weighted by atomic mass is 16.5. The summed E-state index contributed by atoms with van der Waals surface area (Å²) in [5, 5.41) is 0. The molecular weight excluding hydrogens is 777 g/mol. The summed E-state index contributed by atoms with van der Waals surface area (Å²) in [7, 11) is 0. The van der Waals surface area contributed by atoms with Gasteiger partial charge in [0.05, 0.1) is 22.5 Å². The maximum Gasteiger partial charge on any atom is 0.151 e. The van der Waals surface area contributed by atoms with Crippen molar-refractivity contribution in [2.24, 2.45) is 0 Å². The molecule has 2 aliphatic heterocycles. The summed E-state index contributed by atoms with van der Waals surface area (Å²) in [5.41, 5.74) is 20.5. The fourth-order valence-corrected chi connectivity index (χ4v) is 10.8. The average molecular weight is 817 g/mol. The lowest BCUT2D eigenvalue weighted by atomic mass is 9.64. The average Bonchev–Trinajstić information content (AvgIpc) is 3.67. The maximum absolute atomic E-state index is 6.76. The van der Waals surface area contributed by atoms with Crippen molar-refractivity contribution in [3.8, 4) is 56.0 Å². The third kappa shape index (κ3) is 5.34. The fourth-order valence-electron chi connectivity index (χ4n) is 10.8. The topological polar surface area (TPSA) is 15.7 Å². The Morgan fingerprint density at radius 1 is 0.328 bits per heavy atom. The molecule has 0 saturated heterocycles. The van der Waals surface area contributed by atoms with E-state index in [-0.39, 0.29) is 0 Å². The van der Waals surface area contributed by atoms with Crippen molar-refractivity contribution in [1.29, 1.82) is 0 Å². The van der Waals surface area contributed by atoms with Crippen molar-refractivity contribution in [3.63, 3.8) is 0 Å². The largest absolute Gasteiger partial charge is 0.453 e. The van der Waals surface area contributed by atoms with E-state index in [9.17, 15) is 0 Å². The van der Waals surface area contributed by atoms with Gasteiger partial charge in [-0.3, -0.25) is 0 Å². The lowest BCUT2D eigenvalue weighted by Crippen LogP contribution is -2.37. The SMILES string of the molecule is c1ccc(-c2ccc(N(c3ccccc3)c3cc(-c4ccccc4)cc(-c4cccc5c4-c4ccccc4C54c5ccccc5N5c6ccccc6Oc6cccc4c65)c3)cc2)cc1. The number of nitrogens with zero attached hydrogens (tertiary/aromatic N) is 2. The van der Waals surface area contributed by atoms with E-state index in [2.05, 4.69) is 252 Å². The van der Waals surface area contributed by atoms with Crippen molar-refractivity contribution < 1.29 is 4.74 Å². The first kappa shape index (κ1) is 36.3. The van der Waals surface area contributed by atoms with Crippen LogP contribution in [0.25, 0.3) is 44.5 Å². The molecule has 300 valence electrons. The monoisotopic (exact) mass is 816 g/mol. The highest BCUT2D eigenvalue weighted by Crippen LogP contribution is 2.67. The van der Waals surface area contributed by atoms with Crippen LogP contribution in [0, 0.1) is 0 Å². The van der Waals surface area contributed by atoms with E-state index in [0.717, 1.165) is 56.8 Å². The van der Waals surface area contributed by atoms with Gasteiger partial charge in [0.25, 0.3) is 0 Å². The highest BCUT2D eigenvalue weighted by Gasteiger charge is 2.53. The molecule has 2 heterocycles. The van der Waals surface area contributed by atoms with E-state index in [1.807, 2.05) is 0 Å². The van der Waals surface area contributed by atoms with Crippen molar-refractivity contribution in [3.05, 3.63) is 265 Å². The quantitative estimate of drug-likeness (QED) is 0.166. The molecule has 1 aliphatic carbocycles. The fraction of sp³-hybridized carbons (Fsp3) is 0.0164. The number of anilines is 6. The minimum absolute atomic E-state index is 0.605. The van der Waals surface area contributed by atoms with Crippen LogP contribution in [0.2, 0.25) is 0 Å². The van der Waals surface area contributed by atoms with Gasteiger partial charge in [-0.1, -0.05) is 176 Å². The number of hydrogen-bond donors (Lipinski definition) is 0. The van der Waals surface area contributed by atoms with E-state index >= 15 is 0 Å². The zero-order valence-electron chi connectivity index (χ0n) is 34.9. The Labute approximate surface area is 373 Å². The molecule has 10 aromatic rings. The molecule has 0 radical (unpaired) electrons. The van der Waals surface area contributed by atoms with E-state index in [0.29, 0.717) is 0 Å². The van der Waals surface area contributed by atoms with Crippen molar-refractivity contribution in [1.82, 2.24) is 0 Å². The summed E-state index contributed by atoms with van der Waals surface area (Å²) < 4.78 is 6.76. The van der Waals surface area contributed by atoms with Crippen molar-refractivity contribution in [2.75, 3.05) is 9.80 Å². The van der Waals surface area contributed by atoms with E-state index in [1.54, 1.807) is 0 Å². The van der Waals surface area contributed by atoms with Crippen LogP contribution in [0.3, 0.4) is 0 Å². The Balaban J connectivity index is 1.06. The van der Waals surface area contributed by atoms with Gasteiger partial charge in [-0.25, -0.2) is 0 Å². The molecule has 1 unspecified atom stereocenters. The van der Waals surface area contributed by atoms with Gasteiger partial charge in [0.1, 0.15) is 0 Å². The Bertz CT molecular complexity index is 3420. The van der Waals surface area contributed by atoms with Gasteiger partial charge in [0.2, 0.25) is 0 Å². The minimum atomic E-state index is -0.605. The molecular formula is C61H40N2O. The first-order valence-electron chi connectivity index (χ1n) is 22.0. The van der Waals surface area contributed by atoms with Crippen LogP contribution in [0.4, 0.5) is 34.1 Å². The lowest BCUT2D eigenvalue weighted by Gasteiger charge is -2.47. The normalized spacial score (nSPS) is 14.7. The van der Waals surface area contributed by atoms with Crippen LogP contribution >= 0.6 is 0 Å². The third-order valence-corrected chi connectivity index (χ3v) is 13.4. The van der Waals surface area contributed by atoms with E-state index in [1.165, 1.54) is 55.6 Å². The first-order valence-corrected chi connectivity index (χ1v) is 22.0. The second kappa shape index (κ2) is 14.3. The van der Waals surface area contributed by atoms with Crippen molar-refractivity contribution >= 4 is 34.1 Å². The summed E-state index contributed by atoms with van der Waals surface area (Å²) in [6.07, 6.45) is 0. The molecule has 3 nitrogen and oxygen atoms in total. The second-order valence-electron chi connectivity index (χ2n) is 16.8. The zero-order valence-corrected chi connectivity index (χ0v) is 34.9.